The summed E-state index contributed by atoms with van der Waals surface area (Å²) in [6, 6.07) is 7.42. The lowest BCUT2D eigenvalue weighted by atomic mass is 10.1. The molecule has 0 atom stereocenters. The third kappa shape index (κ3) is 3.90. The molecule has 1 amide bonds. The zero-order chi connectivity index (χ0) is 13.0. The van der Waals surface area contributed by atoms with E-state index in [0.29, 0.717) is 17.3 Å². The van der Waals surface area contributed by atoms with Gasteiger partial charge >= 0.3 is 0 Å². The number of carbonyl (C=O) groups is 1. The summed E-state index contributed by atoms with van der Waals surface area (Å²) in [5.74, 6) is 0.401. The Morgan fingerprint density at radius 2 is 2.06 bits per heavy atom. The van der Waals surface area contributed by atoms with Crippen LogP contribution in [0.1, 0.15) is 12.8 Å². The highest BCUT2D eigenvalue weighted by atomic mass is 35.5. The van der Waals surface area contributed by atoms with Gasteiger partial charge in [0, 0.05) is 21.9 Å². The van der Waals surface area contributed by atoms with Gasteiger partial charge < -0.3 is 10.4 Å². The summed E-state index contributed by atoms with van der Waals surface area (Å²) in [7, 11) is 0. The molecule has 0 unspecified atom stereocenters. The fraction of sp³-hybridized carbons (Fsp3) is 0.462. The van der Waals surface area contributed by atoms with E-state index >= 15 is 0 Å². The first-order chi connectivity index (χ1) is 8.63. The summed E-state index contributed by atoms with van der Waals surface area (Å²) in [4.78, 5) is 12.7. The number of benzene rings is 1. The molecule has 0 saturated heterocycles. The molecule has 5 heteroatoms. The summed E-state index contributed by atoms with van der Waals surface area (Å²) < 4.78 is 0. The lowest BCUT2D eigenvalue weighted by Gasteiger charge is -2.12. The van der Waals surface area contributed by atoms with E-state index in [4.69, 9.17) is 16.7 Å². The predicted molar refractivity (Wildman–Crippen MR) is 73.9 cm³/mol. The van der Waals surface area contributed by atoms with Crippen LogP contribution in [-0.2, 0) is 4.79 Å². The van der Waals surface area contributed by atoms with Gasteiger partial charge in [0.05, 0.1) is 12.4 Å². The quantitative estimate of drug-likeness (QED) is 0.789. The fourth-order valence-corrected chi connectivity index (χ4v) is 2.44. The van der Waals surface area contributed by atoms with Crippen LogP contribution in [0.3, 0.4) is 0 Å². The van der Waals surface area contributed by atoms with Crippen molar-refractivity contribution < 1.29 is 9.90 Å². The molecular weight excluding hydrogens is 270 g/mol. The molecule has 0 aliphatic heterocycles. The van der Waals surface area contributed by atoms with Crippen LogP contribution < -0.4 is 5.32 Å². The molecule has 1 aliphatic carbocycles. The Hall–Kier alpha value is -0.710. The zero-order valence-electron chi connectivity index (χ0n) is 9.99. The Labute approximate surface area is 116 Å². The van der Waals surface area contributed by atoms with Crippen molar-refractivity contribution in [3.8, 4) is 0 Å². The van der Waals surface area contributed by atoms with Crippen molar-refractivity contribution in [1.29, 1.82) is 0 Å². The number of carbonyl (C=O) groups excluding carboxylic acids is 1. The van der Waals surface area contributed by atoms with E-state index in [0.717, 1.165) is 17.7 Å². The average molecular weight is 286 g/mol. The molecule has 0 bridgehead atoms. The van der Waals surface area contributed by atoms with Gasteiger partial charge in [-0.2, -0.15) is 0 Å². The SMILES string of the molecule is O=C(CSc1ccc(Cl)cc1)NCC1(CO)CC1. The third-order valence-corrected chi connectivity index (χ3v) is 4.40. The first-order valence-corrected chi connectivity index (χ1v) is 7.26. The Bertz CT molecular complexity index is 418. The first kappa shape index (κ1) is 13.7. The normalized spacial score (nSPS) is 16.3. The number of rotatable bonds is 6. The number of nitrogens with one attached hydrogen (secondary N) is 1. The Morgan fingerprint density at radius 3 is 2.61 bits per heavy atom. The summed E-state index contributed by atoms with van der Waals surface area (Å²) >= 11 is 7.27. The van der Waals surface area contributed by atoms with E-state index in [1.165, 1.54) is 11.8 Å². The molecule has 18 heavy (non-hydrogen) atoms. The van der Waals surface area contributed by atoms with Gasteiger partial charge in [-0.15, -0.1) is 11.8 Å². The number of thioether (sulfide) groups is 1. The van der Waals surface area contributed by atoms with Gasteiger partial charge in [-0.1, -0.05) is 11.6 Å². The van der Waals surface area contributed by atoms with Crippen molar-refractivity contribution in [2.75, 3.05) is 18.9 Å². The van der Waals surface area contributed by atoms with Crippen molar-refractivity contribution in [3.63, 3.8) is 0 Å². The van der Waals surface area contributed by atoms with E-state index in [1.807, 2.05) is 24.3 Å². The first-order valence-electron chi connectivity index (χ1n) is 5.89. The molecular formula is C13H16ClNO2S. The lowest BCUT2D eigenvalue weighted by molar-refractivity contribution is -0.118. The van der Waals surface area contributed by atoms with Crippen molar-refractivity contribution >= 4 is 29.3 Å². The minimum absolute atomic E-state index is 0.00896. The Kier molecular flexibility index (Phi) is 4.54. The summed E-state index contributed by atoms with van der Waals surface area (Å²) in [5.41, 5.74) is -0.0272. The number of hydrogen-bond acceptors (Lipinski definition) is 3. The van der Waals surface area contributed by atoms with Gasteiger partial charge in [-0.05, 0) is 37.1 Å². The Balaban J connectivity index is 1.70. The van der Waals surface area contributed by atoms with Crippen LogP contribution in [0.15, 0.2) is 29.2 Å². The molecule has 1 aliphatic rings. The van der Waals surface area contributed by atoms with E-state index in [2.05, 4.69) is 5.32 Å². The van der Waals surface area contributed by atoms with Crippen molar-refractivity contribution in [2.45, 2.75) is 17.7 Å². The van der Waals surface area contributed by atoms with Gasteiger partial charge in [0.25, 0.3) is 0 Å². The zero-order valence-corrected chi connectivity index (χ0v) is 11.6. The van der Waals surface area contributed by atoms with E-state index < -0.39 is 0 Å². The fourth-order valence-electron chi connectivity index (χ4n) is 1.58. The maximum absolute atomic E-state index is 11.6. The number of halogens is 1. The van der Waals surface area contributed by atoms with Crippen molar-refractivity contribution in [3.05, 3.63) is 29.3 Å². The molecule has 2 rings (SSSR count). The highest BCUT2D eigenvalue weighted by Gasteiger charge is 2.41. The van der Waals surface area contributed by atoms with Gasteiger partial charge in [0.1, 0.15) is 0 Å². The molecule has 1 fully saturated rings. The van der Waals surface area contributed by atoms with Crippen LogP contribution in [0.4, 0.5) is 0 Å². The highest BCUT2D eigenvalue weighted by molar-refractivity contribution is 8.00. The number of aliphatic hydroxyl groups is 1. The molecule has 0 heterocycles. The number of amides is 1. The van der Waals surface area contributed by atoms with E-state index in [-0.39, 0.29) is 17.9 Å². The number of hydrogen-bond donors (Lipinski definition) is 2. The largest absolute Gasteiger partial charge is 0.396 e. The van der Waals surface area contributed by atoms with Crippen LogP contribution in [-0.4, -0.2) is 29.9 Å². The monoisotopic (exact) mass is 285 g/mol. The van der Waals surface area contributed by atoms with Gasteiger partial charge in [0.2, 0.25) is 5.91 Å². The standard InChI is InChI=1S/C13H16ClNO2S/c14-10-1-3-11(4-2-10)18-7-12(17)15-8-13(9-16)5-6-13/h1-4,16H,5-9H2,(H,15,17). The van der Waals surface area contributed by atoms with Gasteiger partial charge in [0.15, 0.2) is 0 Å². The molecule has 2 N–H and O–H groups in total. The summed E-state index contributed by atoms with van der Waals surface area (Å²) in [6.45, 7) is 0.751. The molecule has 1 saturated carbocycles. The molecule has 0 spiro atoms. The molecule has 0 radical (unpaired) electrons. The molecule has 1 aromatic rings. The van der Waals surface area contributed by atoms with Crippen LogP contribution in [0.25, 0.3) is 0 Å². The van der Waals surface area contributed by atoms with Crippen LogP contribution in [0, 0.1) is 5.41 Å². The van der Waals surface area contributed by atoms with E-state index in [1.54, 1.807) is 0 Å². The number of aliphatic hydroxyl groups excluding tert-OH is 1. The third-order valence-electron chi connectivity index (χ3n) is 3.14. The lowest BCUT2D eigenvalue weighted by Crippen LogP contribution is -2.32. The average Bonchev–Trinajstić information content (AvgIpc) is 3.16. The van der Waals surface area contributed by atoms with Crippen molar-refractivity contribution in [1.82, 2.24) is 5.32 Å². The van der Waals surface area contributed by atoms with Crippen molar-refractivity contribution in [2.24, 2.45) is 5.41 Å². The van der Waals surface area contributed by atoms with Crippen LogP contribution in [0.2, 0.25) is 5.02 Å². The predicted octanol–water partition coefficient (Wildman–Crippen LogP) is 2.32. The second-order valence-corrected chi connectivity index (χ2v) is 6.16. The minimum atomic E-state index is -0.0272. The Morgan fingerprint density at radius 1 is 1.39 bits per heavy atom. The maximum atomic E-state index is 11.6. The topological polar surface area (TPSA) is 49.3 Å². The molecule has 1 aromatic carbocycles. The second kappa shape index (κ2) is 5.95. The summed E-state index contributed by atoms with van der Waals surface area (Å²) in [5, 5.41) is 12.7. The highest BCUT2D eigenvalue weighted by Crippen LogP contribution is 2.44. The molecule has 0 aromatic heterocycles. The minimum Gasteiger partial charge on any atom is -0.396 e. The molecule has 98 valence electrons. The van der Waals surface area contributed by atoms with Crippen LogP contribution in [0.5, 0.6) is 0 Å². The maximum Gasteiger partial charge on any atom is 0.230 e. The smallest absolute Gasteiger partial charge is 0.230 e. The van der Waals surface area contributed by atoms with E-state index in [9.17, 15) is 4.79 Å². The van der Waals surface area contributed by atoms with Gasteiger partial charge in [-0.25, -0.2) is 0 Å². The van der Waals surface area contributed by atoms with Crippen LogP contribution >= 0.6 is 23.4 Å². The second-order valence-electron chi connectivity index (χ2n) is 4.68. The summed E-state index contributed by atoms with van der Waals surface area (Å²) in [6.07, 6.45) is 2.02. The van der Waals surface area contributed by atoms with Gasteiger partial charge in [-0.3, -0.25) is 4.79 Å². The molecule has 3 nitrogen and oxygen atoms in total.